The standard InChI is InChI=1S/C40H50N6O8S/c1-25-5-15-31(55(51,52)46-17-19-53-20-18-46)23-33(25)28-10-6-26(7-11-28)21-35(38(49)42-30-14-16-32-34(22-30)44-45-37(32)48)43-36(47)29-12-8-27(9-13-29)24-41-39(50)54-40(2,3)4/h5-7,10-11,14-16,22-23,27,29,35H,8-9,12-13,17-21,24H2,1-4H3,(H,41,50)(H,42,49)(H,43,47)(H2,44,45,48)/t27?,29?,35-/m0/s1. The summed E-state index contributed by atoms with van der Waals surface area (Å²) >= 11 is 0. The van der Waals surface area contributed by atoms with E-state index in [-0.39, 0.29) is 34.6 Å². The molecule has 1 saturated heterocycles. The predicted octanol–water partition coefficient (Wildman–Crippen LogP) is 4.85. The molecule has 6 rings (SSSR count). The molecule has 3 amide bonds. The Labute approximate surface area is 320 Å². The van der Waals surface area contributed by atoms with Gasteiger partial charge in [-0.25, -0.2) is 13.2 Å². The Morgan fingerprint density at radius 1 is 0.945 bits per heavy atom. The lowest BCUT2D eigenvalue weighted by molar-refractivity contribution is -0.130. The molecule has 2 heterocycles. The molecule has 15 heteroatoms. The number of hydrogen-bond donors (Lipinski definition) is 5. The number of aromatic nitrogens is 2. The molecule has 0 radical (unpaired) electrons. The number of aryl methyl sites for hydroxylation is 1. The average Bonchev–Trinajstić information content (AvgIpc) is 3.53. The first-order valence-electron chi connectivity index (χ1n) is 18.7. The zero-order valence-electron chi connectivity index (χ0n) is 31.7. The summed E-state index contributed by atoms with van der Waals surface area (Å²) in [4.78, 5) is 51.9. The van der Waals surface area contributed by atoms with Gasteiger partial charge in [0.1, 0.15) is 11.6 Å². The van der Waals surface area contributed by atoms with Crippen LogP contribution in [0.1, 0.15) is 57.6 Å². The Kier molecular flexibility index (Phi) is 12.1. The first-order chi connectivity index (χ1) is 26.2. The van der Waals surface area contributed by atoms with Crippen molar-refractivity contribution in [2.24, 2.45) is 11.8 Å². The van der Waals surface area contributed by atoms with E-state index in [1.807, 2.05) is 52.0 Å². The fraction of sp³-hybridized carbons (Fsp3) is 0.450. The molecule has 0 spiro atoms. The molecular weight excluding hydrogens is 725 g/mol. The third-order valence-electron chi connectivity index (χ3n) is 10.1. The van der Waals surface area contributed by atoms with Crippen LogP contribution in [0.5, 0.6) is 0 Å². The van der Waals surface area contributed by atoms with E-state index in [0.29, 0.717) is 62.3 Å². The highest BCUT2D eigenvalue weighted by atomic mass is 32.2. The largest absolute Gasteiger partial charge is 0.444 e. The second-order valence-corrected chi connectivity index (χ2v) is 17.3. The van der Waals surface area contributed by atoms with Gasteiger partial charge in [-0.3, -0.25) is 24.6 Å². The van der Waals surface area contributed by atoms with E-state index in [1.165, 1.54) is 4.31 Å². The number of sulfonamides is 1. The van der Waals surface area contributed by atoms with Gasteiger partial charge >= 0.3 is 6.09 Å². The molecule has 294 valence electrons. The van der Waals surface area contributed by atoms with Crippen LogP contribution in [0.3, 0.4) is 0 Å². The molecule has 1 aliphatic carbocycles. The second kappa shape index (κ2) is 16.8. The highest BCUT2D eigenvalue weighted by molar-refractivity contribution is 7.89. The third kappa shape index (κ3) is 10.0. The lowest BCUT2D eigenvalue weighted by Gasteiger charge is -2.29. The molecule has 4 aromatic rings. The average molecular weight is 775 g/mol. The van der Waals surface area contributed by atoms with Crippen molar-refractivity contribution in [3.8, 4) is 11.1 Å². The van der Waals surface area contributed by atoms with Gasteiger partial charge in [-0.2, -0.15) is 4.31 Å². The molecule has 1 saturated carbocycles. The van der Waals surface area contributed by atoms with Crippen molar-refractivity contribution < 1.29 is 32.3 Å². The van der Waals surface area contributed by atoms with Crippen LogP contribution >= 0.6 is 0 Å². The van der Waals surface area contributed by atoms with Crippen LogP contribution in [-0.2, 0) is 35.5 Å². The number of nitrogens with zero attached hydrogens (tertiary/aromatic N) is 1. The maximum absolute atomic E-state index is 13.8. The Balaban J connectivity index is 1.15. The lowest BCUT2D eigenvalue weighted by Crippen LogP contribution is -2.48. The van der Waals surface area contributed by atoms with E-state index in [4.69, 9.17) is 9.47 Å². The number of aromatic amines is 2. The highest BCUT2D eigenvalue weighted by Gasteiger charge is 2.31. The number of H-pyrrole nitrogens is 2. The molecule has 0 bridgehead atoms. The van der Waals surface area contributed by atoms with E-state index in [1.54, 1.807) is 36.4 Å². The van der Waals surface area contributed by atoms with Gasteiger partial charge in [-0.05, 0) is 112 Å². The molecule has 5 N–H and O–H groups in total. The van der Waals surface area contributed by atoms with Gasteiger partial charge in [0.2, 0.25) is 21.8 Å². The normalized spacial score (nSPS) is 18.7. The van der Waals surface area contributed by atoms with Gasteiger partial charge in [0, 0.05) is 37.7 Å². The number of carbonyl (C=O) groups excluding carboxylic acids is 3. The summed E-state index contributed by atoms with van der Waals surface area (Å²) in [6.07, 6.45) is 2.46. The zero-order chi connectivity index (χ0) is 39.3. The summed E-state index contributed by atoms with van der Waals surface area (Å²) < 4.78 is 38.9. The number of benzene rings is 3. The van der Waals surface area contributed by atoms with Gasteiger partial charge in [-0.15, -0.1) is 0 Å². The second-order valence-electron chi connectivity index (χ2n) is 15.4. The van der Waals surface area contributed by atoms with E-state index in [0.717, 1.165) is 35.1 Å². The number of fused-ring (bicyclic) bond motifs is 1. The summed E-state index contributed by atoms with van der Waals surface area (Å²) in [6.45, 7) is 9.16. The van der Waals surface area contributed by atoms with Crippen molar-refractivity contribution in [3.63, 3.8) is 0 Å². The molecule has 14 nitrogen and oxygen atoms in total. The summed E-state index contributed by atoms with van der Waals surface area (Å²) in [5, 5.41) is 14.5. The molecule has 3 aromatic carbocycles. The number of hydrogen-bond acceptors (Lipinski definition) is 8. The number of carbonyl (C=O) groups is 3. The monoisotopic (exact) mass is 774 g/mol. The fourth-order valence-electron chi connectivity index (χ4n) is 7.08. The van der Waals surface area contributed by atoms with Crippen LogP contribution in [0.25, 0.3) is 22.0 Å². The number of ether oxygens (including phenoxy) is 2. The van der Waals surface area contributed by atoms with Crippen LogP contribution in [0.4, 0.5) is 10.5 Å². The maximum Gasteiger partial charge on any atom is 0.407 e. The van der Waals surface area contributed by atoms with Crippen molar-refractivity contribution in [2.45, 2.75) is 76.3 Å². The van der Waals surface area contributed by atoms with Crippen LogP contribution in [0, 0.1) is 18.8 Å². The van der Waals surface area contributed by atoms with Crippen molar-refractivity contribution >= 4 is 44.5 Å². The highest BCUT2D eigenvalue weighted by Crippen LogP contribution is 2.30. The molecule has 1 aliphatic heterocycles. The molecule has 55 heavy (non-hydrogen) atoms. The quantitative estimate of drug-likeness (QED) is 0.143. The molecule has 2 fully saturated rings. The topological polar surface area (TPSA) is 192 Å². The lowest BCUT2D eigenvalue weighted by atomic mass is 9.81. The fourth-order valence-corrected chi connectivity index (χ4v) is 8.51. The van der Waals surface area contributed by atoms with Crippen molar-refractivity contribution in [1.82, 2.24) is 25.1 Å². The summed E-state index contributed by atoms with van der Waals surface area (Å²) in [5.41, 5.74) is 3.44. The first-order valence-corrected chi connectivity index (χ1v) is 20.2. The van der Waals surface area contributed by atoms with Crippen molar-refractivity contribution in [2.75, 3.05) is 38.2 Å². The van der Waals surface area contributed by atoms with Crippen LogP contribution in [-0.4, -0.2) is 85.3 Å². The van der Waals surface area contributed by atoms with Gasteiger partial charge in [0.15, 0.2) is 0 Å². The van der Waals surface area contributed by atoms with E-state index >= 15 is 0 Å². The number of nitrogens with one attached hydrogen (secondary N) is 5. The number of alkyl carbamates (subject to hydrolysis) is 1. The smallest absolute Gasteiger partial charge is 0.407 e. The van der Waals surface area contributed by atoms with E-state index in [2.05, 4.69) is 26.1 Å². The van der Waals surface area contributed by atoms with Gasteiger partial charge in [0.25, 0.3) is 5.56 Å². The predicted molar refractivity (Wildman–Crippen MR) is 209 cm³/mol. The van der Waals surface area contributed by atoms with Gasteiger partial charge in [0.05, 0.1) is 29.0 Å². The Hall–Kier alpha value is -4.99. The Bertz CT molecular complexity index is 2180. The minimum absolute atomic E-state index is 0.195. The van der Waals surface area contributed by atoms with E-state index < -0.39 is 33.7 Å². The minimum atomic E-state index is -3.69. The number of amides is 3. The molecular formula is C40H50N6O8S. The van der Waals surface area contributed by atoms with E-state index in [9.17, 15) is 27.6 Å². The van der Waals surface area contributed by atoms with Gasteiger partial charge in [-0.1, -0.05) is 30.3 Å². The van der Waals surface area contributed by atoms with Crippen molar-refractivity contribution in [3.05, 3.63) is 82.1 Å². The first kappa shape index (κ1) is 39.7. The number of morpholine rings is 1. The molecule has 1 aromatic heterocycles. The maximum atomic E-state index is 13.8. The zero-order valence-corrected chi connectivity index (χ0v) is 32.5. The summed E-state index contributed by atoms with van der Waals surface area (Å²) in [5.74, 6) is -0.704. The van der Waals surface area contributed by atoms with Crippen LogP contribution < -0.4 is 21.5 Å². The van der Waals surface area contributed by atoms with Gasteiger partial charge < -0.3 is 25.4 Å². The Morgan fingerprint density at radius 2 is 1.65 bits per heavy atom. The summed E-state index contributed by atoms with van der Waals surface area (Å²) in [6, 6.07) is 16.7. The SMILES string of the molecule is Cc1ccc(S(=O)(=O)N2CCOCC2)cc1-c1ccc(C[C@H](NC(=O)C2CCC(CNC(=O)OC(C)(C)C)CC2)C(=O)Nc2ccc3c(=O)[nH][nH]c3c2)cc1. The number of rotatable bonds is 11. The molecule has 1 atom stereocenters. The van der Waals surface area contributed by atoms with Crippen molar-refractivity contribution in [1.29, 1.82) is 0 Å². The van der Waals surface area contributed by atoms with Crippen LogP contribution in [0.2, 0.25) is 0 Å². The third-order valence-corrected chi connectivity index (χ3v) is 12.0. The number of anilines is 1. The minimum Gasteiger partial charge on any atom is -0.444 e. The molecule has 2 aliphatic rings. The van der Waals surface area contributed by atoms with Crippen LogP contribution in [0.15, 0.2) is 70.4 Å². The Morgan fingerprint density at radius 3 is 2.35 bits per heavy atom. The summed E-state index contributed by atoms with van der Waals surface area (Å²) in [7, 11) is -3.69. The molecule has 0 unspecified atom stereocenters.